The average molecular weight is 582 g/mol. The van der Waals surface area contributed by atoms with E-state index in [0.29, 0.717) is 17.2 Å². The molecule has 2 heterocycles. The van der Waals surface area contributed by atoms with E-state index < -0.39 is 27.6 Å². The standard InChI is InChI=1S/C26H26ClF2N3O6S/c1-15-25(22(38-31-15)7-5-16-4-6-18(28)12-21(16)29)39(34,35)32-10-8-17(9-11-32)26(33)30-24-20(27)13-19(36-2)14-23(24)37-3/h4-7,12-14,17H,8-11H2,1-3H3,(H,30,33)/b7-5+. The van der Waals surface area contributed by atoms with Crippen molar-refractivity contribution in [1.29, 1.82) is 0 Å². The zero-order chi connectivity index (χ0) is 28.3. The first-order chi connectivity index (χ1) is 18.5. The van der Waals surface area contributed by atoms with Gasteiger partial charge in [-0.05, 0) is 44.1 Å². The maximum Gasteiger partial charge on any atom is 0.248 e. The molecule has 2 aromatic carbocycles. The summed E-state index contributed by atoms with van der Waals surface area (Å²) in [5, 5.41) is 6.79. The largest absolute Gasteiger partial charge is 0.497 e. The lowest BCUT2D eigenvalue weighted by Gasteiger charge is -2.30. The predicted octanol–water partition coefficient (Wildman–Crippen LogP) is 5.14. The SMILES string of the molecule is COc1cc(Cl)c(NC(=O)C2CCN(S(=O)(=O)c3c(C)noc3/C=C/c3ccc(F)cc3F)CC2)c(OC)c1. The fraction of sp³-hybridized carbons (Fsp3) is 0.308. The summed E-state index contributed by atoms with van der Waals surface area (Å²) in [6.07, 6.45) is 3.08. The van der Waals surface area contributed by atoms with Crippen molar-refractivity contribution in [3.8, 4) is 11.5 Å². The minimum absolute atomic E-state index is 0.0502. The summed E-state index contributed by atoms with van der Waals surface area (Å²) < 4.78 is 71.1. The zero-order valence-electron chi connectivity index (χ0n) is 21.3. The number of ether oxygens (including phenoxy) is 2. The molecule has 3 aromatic rings. The number of hydrogen-bond donors (Lipinski definition) is 1. The Bertz CT molecular complexity index is 1520. The van der Waals surface area contributed by atoms with Gasteiger partial charge in [0, 0.05) is 42.8 Å². The van der Waals surface area contributed by atoms with Gasteiger partial charge in [-0.1, -0.05) is 16.8 Å². The molecule has 0 radical (unpaired) electrons. The van der Waals surface area contributed by atoms with Crippen molar-refractivity contribution in [3.63, 3.8) is 0 Å². The molecule has 1 fully saturated rings. The fourth-order valence-corrected chi connectivity index (χ4v) is 6.24. The topological polar surface area (TPSA) is 111 Å². The number of rotatable bonds is 8. The van der Waals surface area contributed by atoms with Crippen LogP contribution in [0.3, 0.4) is 0 Å². The molecule has 4 rings (SSSR count). The van der Waals surface area contributed by atoms with E-state index in [1.165, 1.54) is 43.7 Å². The first-order valence-corrected chi connectivity index (χ1v) is 13.7. The lowest BCUT2D eigenvalue weighted by molar-refractivity contribution is -0.120. The number of aromatic nitrogens is 1. The number of carbonyl (C=O) groups excluding carboxylic acids is 1. The van der Waals surface area contributed by atoms with Crippen LogP contribution in [0.15, 0.2) is 39.8 Å². The van der Waals surface area contributed by atoms with Gasteiger partial charge in [-0.15, -0.1) is 0 Å². The molecule has 1 amide bonds. The van der Waals surface area contributed by atoms with Gasteiger partial charge in [0.2, 0.25) is 15.9 Å². The Morgan fingerprint density at radius 3 is 2.51 bits per heavy atom. The van der Waals surface area contributed by atoms with Crippen LogP contribution in [0.2, 0.25) is 5.02 Å². The van der Waals surface area contributed by atoms with Crippen molar-refractivity contribution in [1.82, 2.24) is 9.46 Å². The van der Waals surface area contributed by atoms with E-state index in [4.69, 9.17) is 25.6 Å². The summed E-state index contributed by atoms with van der Waals surface area (Å²) in [6.45, 7) is 1.64. The zero-order valence-corrected chi connectivity index (χ0v) is 22.9. The first kappa shape index (κ1) is 28.5. The molecular formula is C26H26ClF2N3O6S. The van der Waals surface area contributed by atoms with Gasteiger partial charge < -0.3 is 19.3 Å². The molecule has 39 heavy (non-hydrogen) atoms. The summed E-state index contributed by atoms with van der Waals surface area (Å²) in [7, 11) is -1.13. The molecule has 208 valence electrons. The quantitative estimate of drug-likeness (QED) is 0.392. The molecular weight excluding hydrogens is 556 g/mol. The highest BCUT2D eigenvalue weighted by Crippen LogP contribution is 2.38. The van der Waals surface area contributed by atoms with E-state index in [-0.39, 0.29) is 58.8 Å². The molecule has 0 unspecified atom stereocenters. The summed E-state index contributed by atoms with van der Waals surface area (Å²) in [5.74, 6) is -1.61. The summed E-state index contributed by atoms with van der Waals surface area (Å²) in [4.78, 5) is 12.8. The third kappa shape index (κ3) is 6.07. The van der Waals surface area contributed by atoms with Gasteiger partial charge in [-0.3, -0.25) is 4.79 Å². The molecule has 1 aliphatic rings. The number of sulfonamides is 1. The lowest BCUT2D eigenvalue weighted by Crippen LogP contribution is -2.41. The van der Waals surface area contributed by atoms with E-state index in [0.717, 1.165) is 12.1 Å². The van der Waals surface area contributed by atoms with Crippen molar-refractivity contribution in [2.45, 2.75) is 24.7 Å². The normalized spacial score (nSPS) is 15.0. The Hall–Kier alpha value is -3.48. The van der Waals surface area contributed by atoms with Crippen LogP contribution in [0.5, 0.6) is 11.5 Å². The molecule has 0 saturated carbocycles. The molecule has 1 aromatic heterocycles. The molecule has 13 heteroatoms. The van der Waals surface area contributed by atoms with Gasteiger partial charge in [-0.2, -0.15) is 4.31 Å². The molecule has 9 nitrogen and oxygen atoms in total. The monoisotopic (exact) mass is 581 g/mol. The van der Waals surface area contributed by atoms with E-state index >= 15 is 0 Å². The average Bonchev–Trinajstić information content (AvgIpc) is 3.30. The van der Waals surface area contributed by atoms with Gasteiger partial charge in [0.25, 0.3) is 0 Å². The molecule has 1 saturated heterocycles. The Morgan fingerprint density at radius 2 is 1.87 bits per heavy atom. The highest BCUT2D eigenvalue weighted by Gasteiger charge is 2.36. The number of hydrogen-bond acceptors (Lipinski definition) is 7. The number of halogens is 3. The van der Waals surface area contributed by atoms with Crippen molar-refractivity contribution in [2.24, 2.45) is 5.92 Å². The molecule has 0 bridgehead atoms. The van der Waals surface area contributed by atoms with E-state index in [9.17, 15) is 22.0 Å². The molecule has 0 aliphatic carbocycles. The Balaban J connectivity index is 1.47. The summed E-state index contributed by atoms with van der Waals surface area (Å²) in [5.41, 5.74) is 0.485. The van der Waals surface area contributed by atoms with Crippen LogP contribution < -0.4 is 14.8 Å². The molecule has 0 atom stereocenters. The Morgan fingerprint density at radius 1 is 1.15 bits per heavy atom. The van der Waals surface area contributed by atoms with Gasteiger partial charge in [0.1, 0.15) is 34.5 Å². The second kappa shape index (κ2) is 11.7. The van der Waals surface area contributed by atoms with E-state index in [2.05, 4.69) is 10.5 Å². The minimum atomic E-state index is -4.05. The highest BCUT2D eigenvalue weighted by atomic mass is 35.5. The number of nitrogens with one attached hydrogen (secondary N) is 1. The van der Waals surface area contributed by atoms with Crippen LogP contribution in [0.25, 0.3) is 12.2 Å². The van der Waals surface area contributed by atoms with E-state index in [1.54, 1.807) is 12.1 Å². The Labute approximate surface area is 229 Å². The van der Waals surface area contributed by atoms with Gasteiger partial charge in [0.15, 0.2) is 10.7 Å². The number of amides is 1. The molecule has 1 aliphatic heterocycles. The lowest BCUT2D eigenvalue weighted by atomic mass is 9.97. The van der Waals surface area contributed by atoms with Crippen LogP contribution >= 0.6 is 11.6 Å². The van der Waals surface area contributed by atoms with Crippen LogP contribution in [0, 0.1) is 24.5 Å². The number of methoxy groups -OCH3 is 2. The number of anilines is 1. The van der Waals surface area contributed by atoms with Crippen LogP contribution in [0.1, 0.15) is 29.9 Å². The van der Waals surface area contributed by atoms with Crippen molar-refractivity contribution in [2.75, 3.05) is 32.6 Å². The summed E-state index contributed by atoms with van der Waals surface area (Å²) in [6, 6.07) is 6.18. The second-order valence-electron chi connectivity index (χ2n) is 8.81. The maximum atomic E-state index is 14.0. The number of benzene rings is 2. The van der Waals surface area contributed by atoms with Crippen LogP contribution in [0.4, 0.5) is 14.5 Å². The number of nitrogens with zero attached hydrogens (tertiary/aromatic N) is 2. The van der Waals surface area contributed by atoms with Gasteiger partial charge in [-0.25, -0.2) is 17.2 Å². The third-order valence-electron chi connectivity index (χ3n) is 6.36. The number of piperidine rings is 1. The highest BCUT2D eigenvalue weighted by molar-refractivity contribution is 7.89. The van der Waals surface area contributed by atoms with Gasteiger partial charge >= 0.3 is 0 Å². The van der Waals surface area contributed by atoms with Crippen LogP contribution in [-0.2, 0) is 14.8 Å². The first-order valence-electron chi connectivity index (χ1n) is 11.9. The fourth-order valence-electron chi connectivity index (χ4n) is 4.27. The van der Waals surface area contributed by atoms with E-state index in [1.807, 2.05) is 0 Å². The smallest absolute Gasteiger partial charge is 0.248 e. The van der Waals surface area contributed by atoms with Crippen molar-refractivity contribution in [3.05, 3.63) is 64.0 Å². The predicted molar refractivity (Wildman–Crippen MR) is 141 cm³/mol. The molecule has 0 spiro atoms. The van der Waals surface area contributed by atoms with Crippen molar-refractivity contribution < 1.29 is 36.0 Å². The third-order valence-corrected chi connectivity index (χ3v) is 8.72. The van der Waals surface area contributed by atoms with Crippen LogP contribution in [-0.4, -0.2) is 51.1 Å². The maximum absolute atomic E-state index is 14.0. The number of carbonyl (C=O) groups is 1. The van der Waals surface area contributed by atoms with Gasteiger partial charge in [0.05, 0.1) is 19.2 Å². The Kier molecular flexibility index (Phi) is 8.57. The number of aryl methyl sites for hydroxylation is 1. The second-order valence-corrected chi connectivity index (χ2v) is 11.1. The summed E-state index contributed by atoms with van der Waals surface area (Å²) >= 11 is 6.31. The minimum Gasteiger partial charge on any atom is -0.497 e. The molecule has 1 N–H and O–H groups in total. The van der Waals surface area contributed by atoms with Crippen molar-refractivity contribution >= 4 is 45.4 Å².